The second kappa shape index (κ2) is 18.5. The van der Waals surface area contributed by atoms with E-state index in [9.17, 15) is 0 Å². The van der Waals surface area contributed by atoms with Crippen LogP contribution in [0.3, 0.4) is 0 Å². The first-order valence-corrected chi connectivity index (χ1v) is 11.6. The molecule has 0 aromatic rings. The Hall–Kier alpha value is 0.490. The van der Waals surface area contributed by atoms with Gasteiger partial charge in [-0.3, -0.25) is 14.7 Å². The molecule has 4 nitrogen and oxygen atoms in total. The smallest absolute Gasteiger partial charge is 0.330 e. The van der Waals surface area contributed by atoms with Gasteiger partial charge in [-0.15, -0.1) is 0 Å². The van der Waals surface area contributed by atoms with Gasteiger partial charge in [0.15, 0.2) is 5.75 Å². The molecule has 0 heterocycles. The van der Waals surface area contributed by atoms with Gasteiger partial charge in [-0.05, 0) is 19.4 Å². The molecule has 0 spiro atoms. The first-order valence-electron chi connectivity index (χ1n) is 8.39. The minimum atomic E-state index is -3.55. The molecule has 0 aliphatic heterocycles. The van der Waals surface area contributed by atoms with Gasteiger partial charge in [0.25, 0.3) is 0 Å². The van der Waals surface area contributed by atoms with Crippen LogP contribution in [0.5, 0.6) is 0 Å². The van der Waals surface area contributed by atoms with Crippen LogP contribution < -0.4 is 5.73 Å². The fourth-order valence-corrected chi connectivity index (χ4v) is 3.52. The van der Waals surface area contributed by atoms with Gasteiger partial charge in [0, 0.05) is 6.42 Å². The number of unbranched alkanes of at least 4 members (excludes halogenated alkanes) is 9. The van der Waals surface area contributed by atoms with E-state index >= 15 is 0 Å². The maximum atomic E-state index is 8.61. The molecule has 0 unspecified atom stereocenters. The summed E-state index contributed by atoms with van der Waals surface area (Å²) >= 11 is 0. The number of nitrogens with two attached hydrogens (primary N) is 1. The lowest BCUT2D eigenvalue weighted by molar-refractivity contribution is 0.363. The maximum Gasteiger partial charge on any atom is 0.515 e. The second-order valence-electron chi connectivity index (χ2n) is 5.32. The minimum Gasteiger partial charge on any atom is -0.330 e. The van der Waals surface area contributed by atoms with Crippen LogP contribution in [0.2, 0.25) is 0 Å². The summed E-state index contributed by atoms with van der Waals surface area (Å²) in [6.07, 6.45) is 13.8. The molecule has 0 aliphatic carbocycles. The largest absolute Gasteiger partial charge is 0.515 e. The minimum absolute atomic E-state index is 0.640. The van der Waals surface area contributed by atoms with Crippen LogP contribution in [0.4, 0.5) is 0 Å². The van der Waals surface area contributed by atoms with E-state index in [1.807, 2.05) is 0 Å². The van der Waals surface area contributed by atoms with Crippen LogP contribution in [-0.2, 0) is 10.9 Å². The summed E-state index contributed by atoms with van der Waals surface area (Å²) < 4.78 is 0. The van der Waals surface area contributed by atoms with Crippen molar-refractivity contribution in [3.63, 3.8) is 0 Å². The van der Waals surface area contributed by atoms with Gasteiger partial charge in [0.2, 0.25) is 10.9 Å². The standard InChI is InChI=1S/C8H19N.C7H18O3PS/c1-2-3-4-5-6-7-8-9;1-2-3-4-5-6-7-12-11(8,9)10/h2-9H2,1H3;8-10H,2-7H2,1H3/q;+1. The van der Waals surface area contributed by atoms with E-state index in [1.54, 1.807) is 0 Å². The normalized spacial score (nSPS) is 11.0. The van der Waals surface area contributed by atoms with Crippen LogP contribution >= 0.6 is 6.72 Å². The molecule has 0 aromatic carbocycles. The first kappa shape index (κ1) is 23.8. The molecule has 0 saturated heterocycles. The Morgan fingerprint density at radius 2 is 1.14 bits per heavy atom. The van der Waals surface area contributed by atoms with Crippen molar-refractivity contribution < 1.29 is 14.7 Å². The second-order valence-corrected chi connectivity index (χ2v) is 9.25. The zero-order valence-corrected chi connectivity index (χ0v) is 15.7. The van der Waals surface area contributed by atoms with Crippen LogP contribution in [-0.4, -0.2) is 27.0 Å². The first-order chi connectivity index (χ1) is 9.97. The monoisotopic (exact) mass is 342 g/mol. The lowest BCUT2D eigenvalue weighted by atomic mass is 10.1. The van der Waals surface area contributed by atoms with Crippen molar-refractivity contribution in [2.75, 3.05) is 12.3 Å². The predicted octanol–water partition coefficient (Wildman–Crippen LogP) is 4.00. The Morgan fingerprint density at radius 1 is 0.714 bits per heavy atom. The van der Waals surface area contributed by atoms with Crippen LogP contribution in [0.1, 0.15) is 84.5 Å². The van der Waals surface area contributed by atoms with Gasteiger partial charge < -0.3 is 5.73 Å². The lowest BCUT2D eigenvalue weighted by Gasteiger charge is -1.96. The van der Waals surface area contributed by atoms with Crippen LogP contribution in [0.25, 0.3) is 0 Å². The highest BCUT2D eigenvalue weighted by atomic mass is 32.5. The summed E-state index contributed by atoms with van der Waals surface area (Å²) in [6.45, 7) is 1.70. The zero-order chi connectivity index (χ0) is 16.4. The number of hydrogen-bond acceptors (Lipinski definition) is 1. The fraction of sp³-hybridized carbons (Fsp3) is 1.00. The molecular formula is C15H37NO3PS+. The van der Waals surface area contributed by atoms with Gasteiger partial charge >= 0.3 is 6.72 Å². The molecule has 0 rings (SSSR count). The van der Waals surface area contributed by atoms with E-state index in [4.69, 9.17) is 20.4 Å². The molecule has 21 heavy (non-hydrogen) atoms. The quantitative estimate of drug-likeness (QED) is 0.245. The molecule has 130 valence electrons. The summed E-state index contributed by atoms with van der Waals surface area (Å²) in [7, 11) is 0.869. The summed E-state index contributed by atoms with van der Waals surface area (Å²) in [5, 5.41) is 0. The molecule has 0 atom stereocenters. The molecule has 0 fully saturated rings. The SMILES string of the molecule is CCCCCCCCN.CCCCCCC[S+]=P(O)(O)O. The van der Waals surface area contributed by atoms with E-state index in [2.05, 4.69) is 13.8 Å². The zero-order valence-electron chi connectivity index (χ0n) is 14.0. The predicted molar refractivity (Wildman–Crippen MR) is 97.0 cm³/mol. The highest BCUT2D eigenvalue weighted by Gasteiger charge is 2.17. The van der Waals surface area contributed by atoms with Crippen molar-refractivity contribution >= 4 is 17.7 Å². The maximum absolute atomic E-state index is 8.61. The highest BCUT2D eigenvalue weighted by molar-refractivity contribution is 8.16. The Kier molecular flexibility index (Phi) is 21.0. The molecule has 0 bridgehead atoms. The van der Waals surface area contributed by atoms with Gasteiger partial charge in [0.05, 0.1) is 0 Å². The molecule has 6 heteroatoms. The molecule has 0 amide bonds. The average molecular weight is 343 g/mol. The van der Waals surface area contributed by atoms with Gasteiger partial charge in [0.1, 0.15) is 0 Å². The van der Waals surface area contributed by atoms with Crippen molar-refractivity contribution in [3.05, 3.63) is 0 Å². The van der Waals surface area contributed by atoms with Gasteiger partial charge in [-0.1, -0.05) is 65.2 Å². The summed E-state index contributed by atoms with van der Waals surface area (Å²) in [5.41, 5.74) is 5.34. The third-order valence-corrected chi connectivity index (χ3v) is 5.47. The molecular weight excluding hydrogens is 305 g/mol. The average Bonchev–Trinajstić information content (AvgIpc) is 2.42. The molecule has 5 N–H and O–H groups in total. The van der Waals surface area contributed by atoms with E-state index in [0.29, 0.717) is 5.75 Å². The van der Waals surface area contributed by atoms with Gasteiger partial charge in [-0.2, -0.15) is 0 Å². The Bertz CT molecular complexity index is 233. The van der Waals surface area contributed by atoms with Crippen molar-refractivity contribution in [1.29, 1.82) is 0 Å². The van der Waals surface area contributed by atoms with E-state index < -0.39 is 6.72 Å². The van der Waals surface area contributed by atoms with Crippen LogP contribution in [0, 0.1) is 0 Å². The van der Waals surface area contributed by atoms with E-state index in [0.717, 1.165) is 30.3 Å². The van der Waals surface area contributed by atoms with Crippen LogP contribution in [0.15, 0.2) is 0 Å². The fourth-order valence-electron chi connectivity index (χ4n) is 1.82. The third-order valence-electron chi connectivity index (χ3n) is 3.07. The summed E-state index contributed by atoms with van der Waals surface area (Å²) in [5.74, 6) is 0.640. The van der Waals surface area contributed by atoms with Crippen molar-refractivity contribution in [2.24, 2.45) is 5.73 Å². The highest BCUT2D eigenvalue weighted by Crippen LogP contribution is 2.31. The van der Waals surface area contributed by atoms with E-state index in [1.165, 1.54) is 57.8 Å². The molecule has 0 aliphatic rings. The van der Waals surface area contributed by atoms with E-state index in [-0.39, 0.29) is 0 Å². The Labute approximate surface area is 135 Å². The Balaban J connectivity index is 0. The van der Waals surface area contributed by atoms with Crippen molar-refractivity contribution in [3.8, 4) is 0 Å². The molecule has 0 saturated carbocycles. The van der Waals surface area contributed by atoms with Crippen molar-refractivity contribution in [1.82, 2.24) is 0 Å². The Morgan fingerprint density at radius 3 is 1.57 bits per heavy atom. The van der Waals surface area contributed by atoms with Crippen molar-refractivity contribution in [2.45, 2.75) is 84.5 Å². The topological polar surface area (TPSA) is 86.7 Å². The summed E-state index contributed by atoms with van der Waals surface area (Å²) in [4.78, 5) is 25.8. The lowest BCUT2D eigenvalue weighted by Crippen LogP contribution is -1.97. The number of hydrogen-bond donors (Lipinski definition) is 4. The molecule has 0 radical (unpaired) electrons. The summed E-state index contributed by atoms with van der Waals surface area (Å²) in [6, 6.07) is 0. The van der Waals surface area contributed by atoms with Gasteiger partial charge in [-0.25, -0.2) is 0 Å². The molecule has 0 aromatic heterocycles. The third kappa shape index (κ3) is 29.2. The number of rotatable bonds is 12.